The summed E-state index contributed by atoms with van der Waals surface area (Å²) in [6.07, 6.45) is 1.57. The third-order valence-electron chi connectivity index (χ3n) is 3.50. The molecule has 2 aromatic carbocycles. The van der Waals surface area contributed by atoms with E-state index in [1.54, 1.807) is 13.4 Å². The molecule has 0 aliphatic rings. The summed E-state index contributed by atoms with van der Waals surface area (Å²) in [7, 11) is 1.65. The maximum absolute atomic E-state index is 5.95. The molecule has 0 radical (unpaired) electrons. The molecule has 4 aromatic rings. The fourth-order valence-corrected chi connectivity index (χ4v) is 2.50. The number of rotatable bonds is 2. The third-order valence-corrected chi connectivity index (χ3v) is 3.50. The number of aromatic nitrogens is 2. The molecule has 0 spiro atoms. The van der Waals surface area contributed by atoms with E-state index in [9.17, 15) is 0 Å². The molecule has 0 bridgehead atoms. The van der Waals surface area contributed by atoms with Crippen molar-refractivity contribution in [2.24, 2.45) is 0 Å². The van der Waals surface area contributed by atoms with Crippen molar-refractivity contribution in [3.05, 3.63) is 54.9 Å². The Bertz CT molecular complexity index is 944. The van der Waals surface area contributed by atoms with E-state index in [0.29, 0.717) is 5.58 Å². The van der Waals surface area contributed by atoms with E-state index < -0.39 is 0 Å². The number of ether oxygens (including phenoxy) is 1. The van der Waals surface area contributed by atoms with E-state index in [4.69, 9.17) is 9.15 Å². The standard InChI is InChI=1S/C17H12N2O2/c1-20-12-6-4-5-11(9-12)15-17-16(19-10-18-15)13-7-2-3-8-14(13)21-17/h2-10H,1H3. The molecular weight excluding hydrogens is 264 g/mol. The van der Waals surface area contributed by atoms with Crippen molar-refractivity contribution in [1.82, 2.24) is 9.97 Å². The highest BCUT2D eigenvalue weighted by atomic mass is 16.5. The van der Waals surface area contributed by atoms with Gasteiger partial charge in [-0.3, -0.25) is 0 Å². The first-order chi connectivity index (χ1) is 10.4. The quantitative estimate of drug-likeness (QED) is 0.554. The lowest BCUT2D eigenvalue weighted by Gasteiger charge is -2.04. The minimum Gasteiger partial charge on any atom is -0.497 e. The van der Waals surface area contributed by atoms with Crippen LogP contribution in [0.2, 0.25) is 0 Å². The summed E-state index contributed by atoms with van der Waals surface area (Å²) in [5.41, 5.74) is 4.07. The highest BCUT2D eigenvalue weighted by molar-refractivity contribution is 6.06. The Hall–Kier alpha value is -2.88. The van der Waals surface area contributed by atoms with Gasteiger partial charge >= 0.3 is 0 Å². The summed E-state index contributed by atoms with van der Waals surface area (Å²) >= 11 is 0. The number of hydrogen-bond donors (Lipinski definition) is 0. The summed E-state index contributed by atoms with van der Waals surface area (Å²) in [5.74, 6) is 0.787. The normalized spacial score (nSPS) is 11.1. The lowest BCUT2D eigenvalue weighted by atomic mass is 10.1. The second kappa shape index (κ2) is 4.59. The fourth-order valence-electron chi connectivity index (χ4n) is 2.50. The van der Waals surface area contributed by atoms with Crippen LogP contribution < -0.4 is 4.74 Å². The van der Waals surface area contributed by atoms with Crippen LogP contribution in [-0.4, -0.2) is 17.1 Å². The highest BCUT2D eigenvalue weighted by Gasteiger charge is 2.14. The summed E-state index contributed by atoms with van der Waals surface area (Å²) < 4.78 is 11.2. The van der Waals surface area contributed by atoms with Gasteiger partial charge in [-0.2, -0.15) is 0 Å². The molecule has 0 amide bonds. The van der Waals surface area contributed by atoms with Gasteiger partial charge in [0.1, 0.15) is 28.9 Å². The van der Waals surface area contributed by atoms with Crippen molar-refractivity contribution in [3.63, 3.8) is 0 Å². The first-order valence-electron chi connectivity index (χ1n) is 6.63. The summed E-state index contributed by atoms with van der Waals surface area (Å²) in [4.78, 5) is 8.75. The van der Waals surface area contributed by atoms with Crippen LogP contribution in [0.25, 0.3) is 33.3 Å². The van der Waals surface area contributed by atoms with Gasteiger partial charge in [0.15, 0.2) is 5.58 Å². The molecule has 4 nitrogen and oxygen atoms in total. The molecule has 0 unspecified atom stereocenters. The number of furan rings is 1. The molecule has 0 aliphatic heterocycles. The zero-order chi connectivity index (χ0) is 14.2. The minimum atomic E-state index is 0.701. The maximum atomic E-state index is 5.95. The van der Waals surface area contributed by atoms with Gasteiger partial charge in [0.2, 0.25) is 0 Å². The molecule has 4 rings (SSSR count). The van der Waals surface area contributed by atoms with Gasteiger partial charge < -0.3 is 9.15 Å². The number of nitrogens with zero attached hydrogens (tertiary/aromatic N) is 2. The summed E-state index contributed by atoms with van der Waals surface area (Å²) in [6.45, 7) is 0. The number of para-hydroxylation sites is 1. The largest absolute Gasteiger partial charge is 0.497 e. The zero-order valence-electron chi connectivity index (χ0n) is 11.4. The van der Waals surface area contributed by atoms with Gasteiger partial charge in [-0.25, -0.2) is 9.97 Å². The van der Waals surface area contributed by atoms with Crippen LogP contribution in [0, 0.1) is 0 Å². The molecule has 2 aromatic heterocycles. The van der Waals surface area contributed by atoms with Crippen molar-refractivity contribution in [2.45, 2.75) is 0 Å². The molecule has 2 heterocycles. The predicted molar refractivity (Wildman–Crippen MR) is 81.3 cm³/mol. The summed E-state index contributed by atoms with van der Waals surface area (Å²) in [5, 5.41) is 0.999. The van der Waals surface area contributed by atoms with Gasteiger partial charge in [0.05, 0.1) is 7.11 Å². The van der Waals surface area contributed by atoms with Crippen LogP contribution >= 0.6 is 0 Å². The van der Waals surface area contributed by atoms with Crippen molar-refractivity contribution in [3.8, 4) is 17.0 Å². The van der Waals surface area contributed by atoms with Crippen LogP contribution in [0.4, 0.5) is 0 Å². The van der Waals surface area contributed by atoms with Crippen LogP contribution in [0.1, 0.15) is 0 Å². The monoisotopic (exact) mass is 276 g/mol. The van der Waals surface area contributed by atoms with E-state index in [1.807, 2.05) is 48.5 Å². The molecular formula is C17H12N2O2. The first-order valence-corrected chi connectivity index (χ1v) is 6.63. The summed E-state index contributed by atoms with van der Waals surface area (Å²) in [6, 6.07) is 15.6. The third kappa shape index (κ3) is 1.84. The Morgan fingerprint density at radius 1 is 1.00 bits per heavy atom. The lowest BCUT2D eigenvalue weighted by Crippen LogP contribution is -1.88. The fraction of sp³-hybridized carbons (Fsp3) is 0.0588. The van der Waals surface area contributed by atoms with Crippen molar-refractivity contribution in [1.29, 1.82) is 0 Å². The molecule has 0 saturated carbocycles. The molecule has 0 fully saturated rings. The number of methoxy groups -OCH3 is 1. The number of hydrogen-bond acceptors (Lipinski definition) is 4. The maximum Gasteiger partial charge on any atom is 0.180 e. The molecule has 0 N–H and O–H groups in total. The second-order valence-electron chi connectivity index (χ2n) is 4.73. The van der Waals surface area contributed by atoms with Crippen LogP contribution in [-0.2, 0) is 0 Å². The van der Waals surface area contributed by atoms with E-state index in [0.717, 1.165) is 33.5 Å². The van der Waals surface area contributed by atoms with Crippen LogP contribution in [0.3, 0.4) is 0 Å². The smallest absolute Gasteiger partial charge is 0.180 e. The molecule has 4 heteroatoms. The Kier molecular flexibility index (Phi) is 2.60. The van der Waals surface area contributed by atoms with Gasteiger partial charge in [-0.15, -0.1) is 0 Å². The highest BCUT2D eigenvalue weighted by Crippen LogP contribution is 2.33. The molecule has 0 aliphatic carbocycles. The second-order valence-corrected chi connectivity index (χ2v) is 4.73. The topological polar surface area (TPSA) is 48.2 Å². The Morgan fingerprint density at radius 3 is 2.81 bits per heavy atom. The van der Waals surface area contributed by atoms with E-state index >= 15 is 0 Å². The van der Waals surface area contributed by atoms with Gasteiger partial charge in [0.25, 0.3) is 0 Å². The molecule has 21 heavy (non-hydrogen) atoms. The molecule has 0 saturated heterocycles. The van der Waals surface area contributed by atoms with Crippen LogP contribution in [0.15, 0.2) is 59.3 Å². The van der Waals surface area contributed by atoms with Crippen LogP contribution in [0.5, 0.6) is 5.75 Å². The van der Waals surface area contributed by atoms with Crippen molar-refractivity contribution >= 4 is 22.1 Å². The average molecular weight is 276 g/mol. The Balaban J connectivity index is 2.04. The zero-order valence-corrected chi connectivity index (χ0v) is 11.4. The molecule has 102 valence electrons. The van der Waals surface area contributed by atoms with E-state index in [-0.39, 0.29) is 0 Å². The van der Waals surface area contributed by atoms with Crippen molar-refractivity contribution < 1.29 is 9.15 Å². The van der Waals surface area contributed by atoms with Crippen molar-refractivity contribution in [2.75, 3.05) is 7.11 Å². The first kappa shape index (κ1) is 11.9. The Labute approximate surface area is 121 Å². The molecule has 0 atom stereocenters. The van der Waals surface area contributed by atoms with E-state index in [2.05, 4.69) is 9.97 Å². The lowest BCUT2D eigenvalue weighted by molar-refractivity contribution is 0.415. The minimum absolute atomic E-state index is 0.701. The predicted octanol–water partition coefficient (Wildman–Crippen LogP) is 4.05. The Morgan fingerprint density at radius 2 is 1.90 bits per heavy atom. The van der Waals surface area contributed by atoms with Gasteiger partial charge in [0, 0.05) is 10.9 Å². The van der Waals surface area contributed by atoms with Gasteiger partial charge in [-0.05, 0) is 24.3 Å². The number of fused-ring (bicyclic) bond motifs is 3. The van der Waals surface area contributed by atoms with Gasteiger partial charge in [-0.1, -0.05) is 24.3 Å². The van der Waals surface area contributed by atoms with E-state index in [1.165, 1.54) is 0 Å². The SMILES string of the molecule is COc1cccc(-c2ncnc3c2oc2ccccc23)c1. The number of benzene rings is 2. The average Bonchev–Trinajstić information content (AvgIpc) is 2.93.